The van der Waals surface area contributed by atoms with Gasteiger partial charge in [0, 0.05) is 0 Å². The smallest absolute Gasteiger partial charge is 0.326 e. The second kappa shape index (κ2) is 9.73. The third-order valence-corrected chi connectivity index (χ3v) is 4.24. The Kier molecular flexibility index (Phi) is 7.36. The third kappa shape index (κ3) is 5.70. The largest absolute Gasteiger partial charge is 0.480 e. The maximum absolute atomic E-state index is 13.0. The van der Waals surface area contributed by atoms with E-state index in [0.29, 0.717) is 12.8 Å². The molecule has 0 aliphatic carbocycles. The molecular formula is C21H26N2O3. The summed E-state index contributed by atoms with van der Waals surface area (Å²) >= 11 is 0. The molecule has 0 aliphatic heterocycles. The molecule has 0 aromatic heterocycles. The molecule has 0 aliphatic rings. The van der Waals surface area contributed by atoms with Gasteiger partial charge in [0.1, 0.15) is 6.04 Å². The first kappa shape index (κ1) is 19.7. The highest BCUT2D eigenvalue weighted by atomic mass is 16.4. The van der Waals surface area contributed by atoms with E-state index in [-0.39, 0.29) is 5.91 Å². The van der Waals surface area contributed by atoms with Crippen molar-refractivity contribution in [3.05, 3.63) is 71.8 Å². The summed E-state index contributed by atoms with van der Waals surface area (Å²) in [4.78, 5) is 26.5. The van der Waals surface area contributed by atoms with Crippen molar-refractivity contribution in [1.29, 1.82) is 0 Å². The molecule has 2 aromatic carbocycles. The van der Waals surface area contributed by atoms with E-state index < -0.39 is 17.9 Å². The number of rotatable bonds is 9. The van der Waals surface area contributed by atoms with Crippen molar-refractivity contribution in [3.8, 4) is 0 Å². The highest BCUT2D eigenvalue weighted by Crippen LogP contribution is 2.25. The fourth-order valence-electron chi connectivity index (χ4n) is 2.91. The molecule has 0 fully saturated rings. The summed E-state index contributed by atoms with van der Waals surface area (Å²) in [6, 6.07) is 18.0. The molecule has 2 N–H and O–H groups in total. The van der Waals surface area contributed by atoms with Crippen LogP contribution >= 0.6 is 0 Å². The molecule has 5 nitrogen and oxygen atoms in total. The van der Waals surface area contributed by atoms with Crippen LogP contribution in [-0.4, -0.2) is 48.6 Å². The summed E-state index contributed by atoms with van der Waals surface area (Å²) < 4.78 is 0. The Morgan fingerprint density at radius 2 is 1.46 bits per heavy atom. The maximum atomic E-state index is 13.0. The topological polar surface area (TPSA) is 69.6 Å². The lowest BCUT2D eigenvalue weighted by molar-refractivity contribution is -0.142. The molecule has 5 heteroatoms. The number of nitrogens with zero attached hydrogens (tertiary/aromatic N) is 1. The Hall–Kier alpha value is -2.66. The van der Waals surface area contributed by atoms with E-state index in [1.807, 2.05) is 79.7 Å². The minimum atomic E-state index is -1.00. The summed E-state index contributed by atoms with van der Waals surface area (Å²) in [5.41, 5.74) is 1.68. The van der Waals surface area contributed by atoms with E-state index in [9.17, 15) is 14.7 Å². The van der Waals surface area contributed by atoms with Crippen molar-refractivity contribution in [2.24, 2.45) is 0 Å². The van der Waals surface area contributed by atoms with Gasteiger partial charge in [-0.15, -0.1) is 0 Å². The van der Waals surface area contributed by atoms with E-state index in [1.165, 1.54) is 0 Å². The monoisotopic (exact) mass is 354 g/mol. The molecular weight excluding hydrogens is 328 g/mol. The van der Waals surface area contributed by atoms with Gasteiger partial charge in [0.15, 0.2) is 0 Å². The van der Waals surface area contributed by atoms with Gasteiger partial charge in [0.05, 0.1) is 5.92 Å². The van der Waals surface area contributed by atoms with E-state index in [1.54, 1.807) is 0 Å². The van der Waals surface area contributed by atoms with E-state index >= 15 is 0 Å². The van der Waals surface area contributed by atoms with Crippen LogP contribution in [0.1, 0.15) is 29.9 Å². The molecule has 1 atom stereocenters. The van der Waals surface area contributed by atoms with Gasteiger partial charge in [0.25, 0.3) is 0 Å². The van der Waals surface area contributed by atoms with Crippen molar-refractivity contribution in [2.45, 2.75) is 24.8 Å². The Morgan fingerprint density at radius 1 is 0.962 bits per heavy atom. The van der Waals surface area contributed by atoms with E-state index in [0.717, 1.165) is 17.7 Å². The van der Waals surface area contributed by atoms with Crippen molar-refractivity contribution in [3.63, 3.8) is 0 Å². The average Bonchev–Trinajstić information content (AvgIpc) is 2.62. The van der Waals surface area contributed by atoms with E-state index in [2.05, 4.69) is 5.32 Å². The van der Waals surface area contributed by atoms with Gasteiger partial charge in [-0.3, -0.25) is 4.79 Å². The highest BCUT2D eigenvalue weighted by molar-refractivity contribution is 5.90. The molecule has 138 valence electrons. The number of hydrogen-bond acceptors (Lipinski definition) is 3. The Bertz CT molecular complexity index is 662. The average molecular weight is 354 g/mol. The van der Waals surface area contributed by atoms with Gasteiger partial charge in [-0.2, -0.15) is 0 Å². The Labute approximate surface area is 154 Å². The standard InChI is InChI=1S/C21H26N2O3/c1-23(2)15-9-14-18(21(25)26)22-20(24)19(16-10-5-3-6-11-16)17-12-7-4-8-13-17/h3-8,10-13,18-19H,9,14-15H2,1-2H3,(H,22,24)(H,25,26)/t18-/m1/s1. The summed E-state index contributed by atoms with van der Waals surface area (Å²) in [5, 5.41) is 12.2. The number of carbonyl (C=O) groups excluding carboxylic acids is 1. The Morgan fingerprint density at radius 3 is 1.88 bits per heavy atom. The third-order valence-electron chi connectivity index (χ3n) is 4.24. The van der Waals surface area contributed by atoms with Gasteiger partial charge in [-0.1, -0.05) is 60.7 Å². The fraction of sp³-hybridized carbons (Fsp3) is 0.333. The number of hydrogen-bond donors (Lipinski definition) is 2. The van der Waals surface area contributed by atoms with Crippen LogP contribution in [0.5, 0.6) is 0 Å². The molecule has 0 spiro atoms. The summed E-state index contributed by atoms with van der Waals surface area (Å²) in [6.45, 7) is 0.778. The molecule has 0 radical (unpaired) electrons. The van der Waals surface area contributed by atoms with Crippen LogP contribution in [0.25, 0.3) is 0 Å². The summed E-state index contributed by atoms with van der Waals surface area (Å²) in [6.07, 6.45) is 1.10. The Balaban J connectivity index is 2.19. The zero-order valence-electron chi connectivity index (χ0n) is 15.3. The second-order valence-corrected chi connectivity index (χ2v) is 6.60. The number of amides is 1. The minimum absolute atomic E-state index is 0.292. The zero-order chi connectivity index (χ0) is 18.9. The van der Waals surface area contributed by atoms with Crippen LogP contribution in [0.2, 0.25) is 0 Å². The molecule has 26 heavy (non-hydrogen) atoms. The van der Waals surface area contributed by atoms with Crippen LogP contribution in [0, 0.1) is 0 Å². The molecule has 0 saturated carbocycles. The summed E-state index contributed by atoms with van der Waals surface area (Å²) in [7, 11) is 3.88. The maximum Gasteiger partial charge on any atom is 0.326 e. The second-order valence-electron chi connectivity index (χ2n) is 6.60. The van der Waals surface area contributed by atoms with Gasteiger partial charge in [-0.25, -0.2) is 4.79 Å². The highest BCUT2D eigenvalue weighted by Gasteiger charge is 2.27. The molecule has 1 amide bonds. The van der Waals surface area contributed by atoms with Gasteiger partial charge in [-0.05, 0) is 44.6 Å². The van der Waals surface area contributed by atoms with Crippen molar-refractivity contribution < 1.29 is 14.7 Å². The SMILES string of the molecule is CN(C)CCC[C@@H](NC(=O)C(c1ccccc1)c1ccccc1)C(=O)O. The number of benzene rings is 2. The first-order valence-electron chi connectivity index (χ1n) is 8.77. The normalized spacial score (nSPS) is 12.2. The zero-order valence-corrected chi connectivity index (χ0v) is 15.3. The van der Waals surface area contributed by atoms with Crippen LogP contribution in [0.3, 0.4) is 0 Å². The number of carbonyl (C=O) groups is 2. The molecule has 0 saturated heterocycles. The van der Waals surface area contributed by atoms with E-state index in [4.69, 9.17) is 0 Å². The van der Waals surface area contributed by atoms with Crippen molar-refractivity contribution >= 4 is 11.9 Å². The lowest BCUT2D eigenvalue weighted by Crippen LogP contribution is -2.43. The lowest BCUT2D eigenvalue weighted by Gasteiger charge is -2.21. The molecule has 0 heterocycles. The number of aliphatic carboxylic acids is 1. The number of nitrogens with one attached hydrogen (secondary N) is 1. The fourth-order valence-corrected chi connectivity index (χ4v) is 2.91. The van der Waals surface area contributed by atoms with Crippen LogP contribution in [-0.2, 0) is 9.59 Å². The molecule has 0 bridgehead atoms. The van der Waals surface area contributed by atoms with Crippen LogP contribution in [0.4, 0.5) is 0 Å². The van der Waals surface area contributed by atoms with Crippen molar-refractivity contribution in [1.82, 2.24) is 10.2 Å². The predicted octanol–water partition coefficient (Wildman–Crippen LogP) is 2.73. The quantitative estimate of drug-likeness (QED) is 0.726. The van der Waals surface area contributed by atoms with Crippen LogP contribution < -0.4 is 5.32 Å². The summed E-state index contributed by atoms with van der Waals surface area (Å²) in [5.74, 6) is -1.83. The van der Waals surface area contributed by atoms with Crippen LogP contribution in [0.15, 0.2) is 60.7 Å². The molecule has 0 unspecified atom stereocenters. The number of carboxylic acid groups (broad SMARTS) is 1. The first-order valence-corrected chi connectivity index (χ1v) is 8.77. The van der Waals surface area contributed by atoms with Gasteiger partial charge < -0.3 is 15.3 Å². The number of carboxylic acids is 1. The predicted molar refractivity (Wildman–Crippen MR) is 102 cm³/mol. The van der Waals surface area contributed by atoms with Gasteiger partial charge >= 0.3 is 5.97 Å². The molecule has 2 rings (SSSR count). The lowest BCUT2D eigenvalue weighted by atomic mass is 9.90. The van der Waals surface area contributed by atoms with Crippen molar-refractivity contribution in [2.75, 3.05) is 20.6 Å². The molecule has 2 aromatic rings. The minimum Gasteiger partial charge on any atom is -0.480 e. The van der Waals surface area contributed by atoms with Gasteiger partial charge in [0.2, 0.25) is 5.91 Å². The first-order chi connectivity index (χ1) is 12.5.